The molecule has 1 aliphatic heterocycles. The van der Waals surface area contributed by atoms with Crippen LogP contribution in [0.4, 0.5) is 0 Å². The van der Waals surface area contributed by atoms with Crippen molar-refractivity contribution in [1.82, 2.24) is 4.90 Å². The van der Waals surface area contributed by atoms with Crippen LogP contribution in [0.3, 0.4) is 0 Å². The van der Waals surface area contributed by atoms with Gasteiger partial charge >= 0.3 is 0 Å². The van der Waals surface area contributed by atoms with E-state index in [0.29, 0.717) is 0 Å². The Morgan fingerprint density at radius 2 is 0.907 bits per heavy atom. The van der Waals surface area contributed by atoms with E-state index >= 15 is 0 Å². The van der Waals surface area contributed by atoms with E-state index in [2.05, 4.69) is 81.5 Å². The molecule has 43 heavy (non-hydrogen) atoms. The number of hydrogen-bond donors (Lipinski definition) is 0. The molecule has 1 heterocycles. The molecule has 0 amide bonds. The third-order valence-electron chi connectivity index (χ3n) is 8.21. The van der Waals surface area contributed by atoms with E-state index in [4.69, 9.17) is 20.9 Å². The van der Waals surface area contributed by atoms with Gasteiger partial charge < -0.3 is 13.9 Å². The summed E-state index contributed by atoms with van der Waals surface area (Å²) in [6, 6.07) is 0. The summed E-state index contributed by atoms with van der Waals surface area (Å²) in [6.45, 7) is 3.30. The van der Waals surface area contributed by atoms with Gasteiger partial charge in [0, 0.05) is 12.7 Å². The summed E-state index contributed by atoms with van der Waals surface area (Å²) in [4.78, 5) is 2.20. The fourth-order valence-electron chi connectivity index (χ4n) is 5.41. The number of unbranched alkanes of at least 4 members (excludes halogenated alkanes) is 14. The van der Waals surface area contributed by atoms with E-state index in [1.165, 1.54) is 116 Å². The van der Waals surface area contributed by atoms with Gasteiger partial charge in [0.2, 0.25) is 0 Å². The van der Waals surface area contributed by atoms with Crippen molar-refractivity contribution in [3.05, 3.63) is 48.6 Å². The summed E-state index contributed by atoms with van der Waals surface area (Å²) >= 11 is 5.97. The van der Waals surface area contributed by atoms with E-state index < -0.39 is 6.49 Å². The third kappa shape index (κ3) is 24.4. The van der Waals surface area contributed by atoms with Crippen LogP contribution in [0.1, 0.15) is 155 Å². The van der Waals surface area contributed by atoms with Crippen LogP contribution in [0.2, 0.25) is 0 Å². The quantitative estimate of drug-likeness (QED) is 0.0463. The van der Waals surface area contributed by atoms with E-state index in [9.17, 15) is 0 Å². The first-order valence-electron chi connectivity index (χ1n) is 18.2. The van der Waals surface area contributed by atoms with Gasteiger partial charge in [0.25, 0.3) is 0 Å². The molecule has 5 heteroatoms. The first kappa shape index (κ1) is 40.5. The van der Waals surface area contributed by atoms with E-state index in [1.807, 2.05) is 0 Å². The maximum atomic E-state index is 6.54. The fourth-order valence-corrected chi connectivity index (χ4v) is 8.53. The second-order valence-corrected chi connectivity index (χ2v) is 16.5. The summed E-state index contributed by atoms with van der Waals surface area (Å²) in [7, 11) is 4.21. The Balaban J connectivity index is 2.22. The molecule has 1 aliphatic rings. The molecular formula is C38H70NO2PS. The van der Waals surface area contributed by atoms with Gasteiger partial charge in [0.05, 0.1) is 12.2 Å². The van der Waals surface area contributed by atoms with Crippen LogP contribution in [-0.2, 0) is 20.9 Å². The normalized spacial score (nSPS) is 21.2. The molecule has 0 spiro atoms. The largest absolute Gasteiger partial charge is 0.323 e. The lowest BCUT2D eigenvalue weighted by molar-refractivity contribution is 0.133. The highest BCUT2D eigenvalue weighted by Gasteiger charge is 2.39. The zero-order valence-corrected chi connectivity index (χ0v) is 30.6. The zero-order chi connectivity index (χ0) is 31.3. The van der Waals surface area contributed by atoms with Crippen molar-refractivity contribution in [3.8, 4) is 0 Å². The summed E-state index contributed by atoms with van der Waals surface area (Å²) in [5.74, 6) is 0. The number of nitrogens with zero attached hydrogens (tertiary/aromatic N) is 1. The fraction of sp³-hybridized carbons (Fsp3) is 0.789. The van der Waals surface area contributed by atoms with Crippen LogP contribution in [0, 0.1) is 0 Å². The van der Waals surface area contributed by atoms with Gasteiger partial charge in [-0.2, -0.15) is 0 Å². The van der Waals surface area contributed by atoms with Crippen molar-refractivity contribution in [2.45, 2.75) is 167 Å². The van der Waals surface area contributed by atoms with Crippen molar-refractivity contribution in [1.29, 1.82) is 0 Å². The Morgan fingerprint density at radius 3 is 1.30 bits per heavy atom. The summed E-state index contributed by atoms with van der Waals surface area (Å²) in [5, 5.41) is 0. The minimum absolute atomic E-state index is 0.211. The van der Waals surface area contributed by atoms with Crippen LogP contribution in [0.5, 0.6) is 0 Å². The van der Waals surface area contributed by atoms with Crippen LogP contribution in [0.15, 0.2) is 48.6 Å². The minimum atomic E-state index is -2.15. The maximum Gasteiger partial charge on any atom is 0.190 e. The summed E-state index contributed by atoms with van der Waals surface area (Å²) < 4.78 is 13.1. The lowest BCUT2D eigenvalue weighted by atomic mass is 9.99. The van der Waals surface area contributed by atoms with Crippen LogP contribution in [-0.4, -0.2) is 43.9 Å². The maximum absolute atomic E-state index is 6.54. The standard InChI is InChI=1S/C38H70NO2PS/c1-5-7-9-11-13-15-17-19-21-23-25-27-29-31-33-37-38(41-42(43,40-37)36-35-39(3)4)34-32-30-28-26-24-22-20-18-16-14-12-10-8-6-2/h11-14,17-20,37-38H,5-10,15-16,21-36H2,1-4H3/b13-11-,14-12-,19-17-,20-18-. The lowest BCUT2D eigenvalue weighted by Gasteiger charge is -2.17. The van der Waals surface area contributed by atoms with Crippen molar-refractivity contribution < 1.29 is 9.05 Å². The van der Waals surface area contributed by atoms with Crippen LogP contribution < -0.4 is 0 Å². The second kappa shape index (κ2) is 28.9. The molecule has 0 aromatic carbocycles. The molecule has 0 saturated carbocycles. The Bertz CT molecular complexity index is 735. The third-order valence-corrected chi connectivity index (χ3v) is 11.2. The molecule has 0 aromatic rings. The average molecular weight is 636 g/mol. The Morgan fingerprint density at radius 1 is 0.535 bits per heavy atom. The molecular weight excluding hydrogens is 565 g/mol. The smallest absolute Gasteiger partial charge is 0.190 e. The average Bonchev–Trinajstić information content (AvgIpc) is 3.31. The zero-order valence-electron chi connectivity index (χ0n) is 28.9. The molecule has 0 aromatic heterocycles. The lowest BCUT2D eigenvalue weighted by Crippen LogP contribution is -2.22. The molecule has 1 rings (SSSR count). The van der Waals surface area contributed by atoms with Gasteiger partial charge in [-0.05, 0) is 90.1 Å². The second-order valence-electron chi connectivity index (χ2n) is 12.8. The van der Waals surface area contributed by atoms with Crippen molar-refractivity contribution in [2.24, 2.45) is 0 Å². The summed E-state index contributed by atoms with van der Waals surface area (Å²) in [5.41, 5.74) is 0. The Hall–Kier alpha value is -0.510. The molecule has 2 unspecified atom stereocenters. The van der Waals surface area contributed by atoms with E-state index in [0.717, 1.165) is 38.4 Å². The highest BCUT2D eigenvalue weighted by molar-refractivity contribution is 8.10. The van der Waals surface area contributed by atoms with Gasteiger partial charge in [0.1, 0.15) is 0 Å². The van der Waals surface area contributed by atoms with Gasteiger partial charge in [-0.1, -0.05) is 140 Å². The van der Waals surface area contributed by atoms with Crippen molar-refractivity contribution in [3.63, 3.8) is 0 Å². The van der Waals surface area contributed by atoms with Gasteiger partial charge in [-0.15, -0.1) is 0 Å². The Labute approximate surface area is 274 Å². The number of allylic oxidation sites excluding steroid dienone is 8. The first-order valence-corrected chi connectivity index (χ1v) is 21.0. The number of hydrogen-bond acceptors (Lipinski definition) is 4. The van der Waals surface area contributed by atoms with E-state index in [-0.39, 0.29) is 12.2 Å². The minimum Gasteiger partial charge on any atom is -0.323 e. The van der Waals surface area contributed by atoms with Crippen molar-refractivity contribution >= 4 is 18.3 Å². The molecule has 1 fully saturated rings. The predicted molar refractivity (Wildman–Crippen MR) is 197 cm³/mol. The summed E-state index contributed by atoms with van der Waals surface area (Å²) in [6.07, 6.45) is 47.4. The molecule has 2 atom stereocenters. The predicted octanol–water partition coefficient (Wildman–Crippen LogP) is 12.5. The number of rotatable bonds is 29. The SMILES string of the molecule is CCCC/C=C\C/C=C\CCCCCCCC1OP(=S)(CCN(C)C)OC1CCCCCCC/C=C\C/C=C\CCCC. The van der Waals surface area contributed by atoms with Gasteiger partial charge in [-0.3, -0.25) is 0 Å². The monoisotopic (exact) mass is 635 g/mol. The van der Waals surface area contributed by atoms with Gasteiger partial charge in [0.15, 0.2) is 6.49 Å². The topological polar surface area (TPSA) is 21.7 Å². The highest BCUT2D eigenvalue weighted by atomic mass is 32.5. The molecule has 0 bridgehead atoms. The molecule has 3 nitrogen and oxygen atoms in total. The highest BCUT2D eigenvalue weighted by Crippen LogP contribution is 2.58. The van der Waals surface area contributed by atoms with E-state index in [1.54, 1.807) is 0 Å². The molecule has 0 N–H and O–H groups in total. The van der Waals surface area contributed by atoms with Crippen LogP contribution in [0.25, 0.3) is 0 Å². The molecule has 0 aliphatic carbocycles. The van der Waals surface area contributed by atoms with Gasteiger partial charge in [-0.25, -0.2) is 0 Å². The molecule has 1 saturated heterocycles. The first-order chi connectivity index (χ1) is 21.0. The Kier molecular flexibility index (Phi) is 27.3. The van der Waals surface area contributed by atoms with Crippen LogP contribution >= 0.6 is 6.49 Å². The molecule has 250 valence electrons. The van der Waals surface area contributed by atoms with Crippen molar-refractivity contribution in [2.75, 3.05) is 26.8 Å². The molecule has 0 radical (unpaired) electrons.